The fraction of sp³-hybridized carbons (Fsp3) is 0.235. The Kier molecular flexibility index (Phi) is 4.50. The number of rotatable bonds is 3. The van der Waals surface area contributed by atoms with Crippen molar-refractivity contribution < 1.29 is 9.53 Å². The van der Waals surface area contributed by atoms with E-state index in [9.17, 15) is 4.79 Å². The Morgan fingerprint density at radius 1 is 1.30 bits per heavy atom. The zero-order valence-electron chi connectivity index (χ0n) is 12.5. The standard InChI is InChI=1S/C17H16N4O2/c18-12-21-8-9-23-15(11-21)17(22)20-16-10-14(6-7-19-16)13-4-2-1-3-5-13/h1-7,10,15H,8-9,11H2,(H,19,20,22). The molecule has 2 heterocycles. The van der Waals surface area contributed by atoms with Gasteiger partial charge in [0.15, 0.2) is 12.3 Å². The second kappa shape index (κ2) is 6.90. The Balaban J connectivity index is 1.71. The SMILES string of the molecule is N#CN1CCOC(C(=O)Nc2cc(-c3ccccc3)ccn2)C1. The van der Waals surface area contributed by atoms with Gasteiger partial charge in [-0.2, -0.15) is 5.26 Å². The number of morpholine rings is 1. The Labute approximate surface area is 134 Å². The zero-order valence-corrected chi connectivity index (χ0v) is 12.5. The first-order chi connectivity index (χ1) is 11.3. The molecule has 1 unspecified atom stereocenters. The normalized spacial score (nSPS) is 17.3. The van der Waals surface area contributed by atoms with Gasteiger partial charge in [0.1, 0.15) is 5.82 Å². The van der Waals surface area contributed by atoms with E-state index in [2.05, 4.69) is 10.3 Å². The molecule has 116 valence electrons. The van der Waals surface area contributed by atoms with Crippen LogP contribution in [0, 0.1) is 11.5 Å². The number of amides is 1. The van der Waals surface area contributed by atoms with Gasteiger partial charge in [-0.05, 0) is 23.3 Å². The number of nitrogens with zero attached hydrogens (tertiary/aromatic N) is 3. The molecule has 3 rings (SSSR count). The second-order valence-electron chi connectivity index (χ2n) is 5.19. The van der Waals surface area contributed by atoms with Crippen LogP contribution in [0.1, 0.15) is 0 Å². The summed E-state index contributed by atoms with van der Waals surface area (Å²) in [5, 5.41) is 11.7. The molecule has 23 heavy (non-hydrogen) atoms. The molecule has 0 bridgehead atoms. The molecule has 2 aromatic rings. The summed E-state index contributed by atoms with van der Waals surface area (Å²) in [6.45, 7) is 1.14. The van der Waals surface area contributed by atoms with Crippen LogP contribution in [0.5, 0.6) is 0 Å². The highest BCUT2D eigenvalue weighted by Crippen LogP contribution is 2.21. The molecule has 1 amide bonds. The lowest BCUT2D eigenvalue weighted by atomic mass is 10.1. The average Bonchev–Trinajstić information content (AvgIpc) is 2.63. The minimum atomic E-state index is -0.661. The third-order valence-electron chi connectivity index (χ3n) is 3.62. The van der Waals surface area contributed by atoms with Crippen LogP contribution in [0.3, 0.4) is 0 Å². The third kappa shape index (κ3) is 3.65. The molecule has 1 fully saturated rings. The van der Waals surface area contributed by atoms with Gasteiger partial charge in [0.05, 0.1) is 19.7 Å². The zero-order chi connectivity index (χ0) is 16.1. The number of carbonyl (C=O) groups excluding carboxylic acids is 1. The van der Waals surface area contributed by atoms with E-state index < -0.39 is 6.10 Å². The minimum Gasteiger partial charge on any atom is -0.365 e. The van der Waals surface area contributed by atoms with Crippen molar-refractivity contribution in [2.24, 2.45) is 0 Å². The average molecular weight is 308 g/mol. The van der Waals surface area contributed by atoms with Gasteiger partial charge in [-0.1, -0.05) is 30.3 Å². The fourth-order valence-corrected chi connectivity index (χ4v) is 2.41. The van der Waals surface area contributed by atoms with Gasteiger partial charge in [-0.3, -0.25) is 4.79 Å². The fourth-order valence-electron chi connectivity index (χ4n) is 2.41. The van der Waals surface area contributed by atoms with E-state index in [1.54, 1.807) is 6.20 Å². The van der Waals surface area contributed by atoms with E-state index in [1.165, 1.54) is 4.90 Å². The van der Waals surface area contributed by atoms with E-state index in [-0.39, 0.29) is 12.5 Å². The number of hydrogen-bond donors (Lipinski definition) is 1. The summed E-state index contributed by atoms with van der Waals surface area (Å²) in [4.78, 5) is 18.0. The van der Waals surface area contributed by atoms with Gasteiger partial charge in [0, 0.05) is 6.20 Å². The number of aromatic nitrogens is 1. The van der Waals surface area contributed by atoms with Gasteiger partial charge in [-0.15, -0.1) is 0 Å². The largest absolute Gasteiger partial charge is 0.365 e. The summed E-state index contributed by atoms with van der Waals surface area (Å²) in [6, 6.07) is 13.6. The Hall–Kier alpha value is -2.91. The Morgan fingerprint density at radius 3 is 2.91 bits per heavy atom. The van der Waals surface area contributed by atoms with Crippen LogP contribution in [0.15, 0.2) is 48.7 Å². The van der Waals surface area contributed by atoms with Crippen molar-refractivity contribution in [3.63, 3.8) is 0 Å². The molecular weight excluding hydrogens is 292 g/mol. The highest BCUT2D eigenvalue weighted by atomic mass is 16.5. The van der Waals surface area contributed by atoms with Crippen molar-refractivity contribution in [2.45, 2.75) is 6.10 Å². The molecule has 0 saturated carbocycles. The van der Waals surface area contributed by atoms with Crippen LogP contribution in [-0.4, -0.2) is 41.6 Å². The van der Waals surface area contributed by atoms with Gasteiger partial charge < -0.3 is 15.0 Å². The number of benzene rings is 1. The molecule has 1 aromatic carbocycles. The molecule has 0 spiro atoms. The van der Waals surface area contributed by atoms with Crippen molar-refractivity contribution in [1.82, 2.24) is 9.88 Å². The first-order valence-corrected chi connectivity index (χ1v) is 7.35. The van der Waals surface area contributed by atoms with E-state index in [4.69, 9.17) is 10.00 Å². The van der Waals surface area contributed by atoms with E-state index in [1.807, 2.05) is 48.7 Å². The third-order valence-corrected chi connectivity index (χ3v) is 3.62. The summed E-state index contributed by atoms with van der Waals surface area (Å²) >= 11 is 0. The number of anilines is 1. The van der Waals surface area contributed by atoms with E-state index >= 15 is 0 Å². The van der Waals surface area contributed by atoms with Crippen molar-refractivity contribution in [3.05, 3.63) is 48.7 Å². The maximum absolute atomic E-state index is 12.3. The Morgan fingerprint density at radius 2 is 2.13 bits per heavy atom. The maximum Gasteiger partial charge on any atom is 0.256 e. The minimum absolute atomic E-state index is 0.265. The molecular formula is C17H16N4O2. The molecule has 0 aliphatic carbocycles. The number of nitriles is 1. The molecule has 6 nitrogen and oxygen atoms in total. The Bertz CT molecular complexity index is 727. The number of carbonyl (C=O) groups is 1. The van der Waals surface area contributed by atoms with Crippen molar-refractivity contribution in [3.8, 4) is 17.3 Å². The van der Waals surface area contributed by atoms with Crippen molar-refractivity contribution in [1.29, 1.82) is 5.26 Å². The lowest BCUT2D eigenvalue weighted by molar-refractivity contribution is -0.131. The number of pyridine rings is 1. The van der Waals surface area contributed by atoms with Gasteiger partial charge >= 0.3 is 0 Å². The van der Waals surface area contributed by atoms with E-state index in [0.717, 1.165) is 11.1 Å². The molecule has 1 aliphatic heterocycles. The topological polar surface area (TPSA) is 78.2 Å². The summed E-state index contributed by atoms with van der Waals surface area (Å²) in [5.41, 5.74) is 2.02. The predicted molar refractivity (Wildman–Crippen MR) is 85.2 cm³/mol. The second-order valence-corrected chi connectivity index (χ2v) is 5.19. The van der Waals surface area contributed by atoms with Crippen LogP contribution in [-0.2, 0) is 9.53 Å². The quantitative estimate of drug-likeness (QED) is 0.876. The monoisotopic (exact) mass is 308 g/mol. The molecule has 1 aliphatic rings. The van der Waals surface area contributed by atoms with Crippen LogP contribution < -0.4 is 5.32 Å². The maximum atomic E-state index is 12.3. The molecule has 0 radical (unpaired) electrons. The molecule has 6 heteroatoms. The molecule has 1 N–H and O–H groups in total. The smallest absolute Gasteiger partial charge is 0.256 e. The van der Waals surface area contributed by atoms with Gasteiger partial charge in [-0.25, -0.2) is 4.98 Å². The lowest BCUT2D eigenvalue weighted by Crippen LogP contribution is -2.46. The van der Waals surface area contributed by atoms with Crippen LogP contribution in [0.25, 0.3) is 11.1 Å². The van der Waals surface area contributed by atoms with Gasteiger partial charge in [0.2, 0.25) is 0 Å². The molecule has 1 saturated heterocycles. The summed E-state index contributed by atoms with van der Waals surface area (Å²) in [7, 11) is 0. The number of nitrogens with one attached hydrogen (secondary N) is 1. The first kappa shape index (κ1) is 15.0. The lowest BCUT2D eigenvalue weighted by Gasteiger charge is -2.28. The van der Waals surface area contributed by atoms with Crippen molar-refractivity contribution >= 4 is 11.7 Å². The van der Waals surface area contributed by atoms with Gasteiger partial charge in [0.25, 0.3) is 5.91 Å². The van der Waals surface area contributed by atoms with Crippen LogP contribution in [0.2, 0.25) is 0 Å². The number of hydrogen-bond acceptors (Lipinski definition) is 5. The van der Waals surface area contributed by atoms with E-state index in [0.29, 0.717) is 19.0 Å². The first-order valence-electron chi connectivity index (χ1n) is 7.35. The summed E-state index contributed by atoms with van der Waals surface area (Å²) in [5.74, 6) is 0.177. The van der Waals surface area contributed by atoms with Crippen LogP contribution in [0.4, 0.5) is 5.82 Å². The molecule has 1 atom stereocenters. The summed E-state index contributed by atoms with van der Waals surface area (Å²) < 4.78 is 5.43. The van der Waals surface area contributed by atoms with Crippen molar-refractivity contribution in [2.75, 3.05) is 25.0 Å². The summed E-state index contributed by atoms with van der Waals surface area (Å²) in [6.07, 6.45) is 3.03. The predicted octanol–water partition coefficient (Wildman–Crippen LogP) is 1.87. The molecule has 1 aromatic heterocycles. The highest BCUT2D eigenvalue weighted by Gasteiger charge is 2.26. The van der Waals surface area contributed by atoms with Crippen LogP contribution >= 0.6 is 0 Å². The number of ether oxygens (including phenoxy) is 1. The highest BCUT2D eigenvalue weighted by molar-refractivity contribution is 5.94.